The number of nitrogens with zero attached hydrogens (tertiary/aromatic N) is 1. The average Bonchev–Trinajstić information content (AvgIpc) is 3.14. The Kier molecular flexibility index (Phi) is 5.30. The third-order valence-electron chi connectivity index (χ3n) is 4.95. The Morgan fingerprint density at radius 3 is 2.63 bits per heavy atom. The van der Waals surface area contributed by atoms with Gasteiger partial charge in [-0.1, -0.05) is 35.9 Å². The summed E-state index contributed by atoms with van der Waals surface area (Å²) >= 11 is 1.66. The molecule has 5 heteroatoms. The molecule has 2 aromatic heterocycles. The van der Waals surface area contributed by atoms with Crippen molar-refractivity contribution in [1.82, 2.24) is 10.2 Å². The lowest BCUT2D eigenvalue weighted by Gasteiger charge is -2.26. The number of carbonyl (C=O) groups excluding carboxylic acids is 1. The zero-order valence-electron chi connectivity index (χ0n) is 15.4. The lowest BCUT2D eigenvalue weighted by molar-refractivity contribution is 0.182. The number of nitrogens with one attached hydrogen (secondary N) is 1. The van der Waals surface area contributed by atoms with E-state index in [1.165, 1.54) is 24.0 Å². The monoisotopic (exact) mass is 380 g/mol. The summed E-state index contributed by atoms with van der Waals surface area (Å²) < 4.78 is 5.48. The molecule has 1 N–H and O–H groups in total. The number of carbonyl (C=O) groups is 1. The van der Waals surface area contributed by atoms with Crippen LogP contribution in [0.3, 0.4) is 0 Å². The molecule has 1 atom stereocenters. The molecule has 0 saturated heterocycles. The maximum atomic E-state index is 13.2. The normalized spacial score (nSPS) is 14.7. The maximum Gasteiger partial charge on any atom is 0.318 e. The van der Waals surface area contributed by atoms with Gasteiger partial charge >= 0.3 is 6.03 Å². The first-order valence-corrected chi connectivity index (χ1v) is 10.2. The Bertz CT molecular complexity index is 816. The van der Waals surface area contributed by atoms with Gasteiger partial charge in [0.05, 0.1) is 25.4 Å². The molecule has 1 aliphatic rings. The number of hydrogen-bond donors (Lipinski definition) is 1. The molecule has 0 radical (unpaired) electrons. The molecule has 140 valence electrons. The van der Waals surface area contributed by atoms with Crippen LogP contribution < -0.4 is 5.32 Å². The maximum absolute atomic E-state index is 13.2. The van der Waals surface area contributed by atoms with Crippen LogP contribution in [0.1, 0.15) is 40.6 Å². The highest BCUT2D eigenvalue weighted by atomic mass is 32.1. The predicted molar refractivity (Wildman–Crippen MR) is 107 cm³/mol. The number of hydrogen-bond acceptors (Lipinski definition) is 3. The zero-order chi connectivity index (χ0) is 18.6. The second kappa shape index (κ2) is 8.01. The van der Waals surface area contributed by atoms with Crippen molar-refractivity contribution in [3.05, 3.63) is 81.9 Å². The molecule has 4 rings (SSSR count). The number of urea groups is 1. The summed E-state index contributed by atoms with van der Waals surface area (Å²) in [6.07, 6.45) is 3.99. The number of benzene rings is 1. The molecule has 1 fully saturated rings. The van der Waals surface area contributed by atoms with Gasteiger partial charge in [0.25, 0.3) is 0 Å². The highest BCUT2D eigenvalue weighted by Gasteiger charge is 2.34. The van der Waals surface area contributed by atoms with Crippen LogP contribution in [0, 0.1) is 12.8 Å². The van der Waals surface area contributed by atoms with Crippen molar-refractivity contribution in [2.75, 3.05) is 0 Å². The van der Waals surface area contributed by atoms with Gasteiger partial charge in [-0.25, -0.2) is 4.79 Å². The van der Waals surface area contributed by atoms with Crippen molar-refractivity contribution < 1.29 is 9.21 Å². The smallest absolute Gasteiger partial charge is 0.318 e. The van der Waals surface area contributed by atoms with Crippen LogP contribution in [0.2, 0.25) is 0 Å². The highest BCUT2D eigenvalue weighted by Crippen LogP contribution is 2.41. The second-order valence-corrected chi connectivity index (χ2v) is 8.22. The van der Waals surface area contributed by atoms with Gasteiger partial charge in [0.1, 0.15) is 5.76 Å². The van der Waals surface area contributed by atoms with E-state index >= 15 is 0 Å². The molecule has 1 aromatic carbocycles. The van der Waals surface area contributed by atoms with Gasteiger partial charge < -0.3 is 14.6 Å². The van der Waals surface area contributed by atoms with E-state index in [-0.39, 0.29) is 12.1 Å². The fourth-order valence-corrected chi connectivity index (χ4v) is 4.00. The summed E-state index contributed by atoms with van der Waals surface area (Å²) in [6, 6.07) is 16.4. The molecule has 0 bridgehead atoms. The van der Waals surface area contributed by atoms with Crippen molar-refractivity contribution in [1.29, 1.82) is 0 Å². The minimum absolute atomic E-state index is 0.0442. The average molecular weight is 381 g/mol. The summed E-state index contributed by atoms with van der Waals surface area (Å²) in [5.74, 6) is 1.32. The molecule has 1 aliphatic carbocycles. The summed E-state index contributed by atoms with van der Waals surface area (Å²) in [4.78, 5) is 16.1. The Labute approximate surface area is 163 Å². The van der Waals surface area contributed by atoms with Crippen LogP contribution in [-0.4, -0.2) is 10.9 Å². The molecule has 4 nitrogen and oxygen atoms in total. The van der Waals surface area contributed by atoms with Crippen molar-refractivity contribution in [2.45, 2.75) is 38.9 Å². The van der Waals surface area contributed by atoms with Gasteiger partial charge in [0, 0.05) is 4.88 Å². The van der Waals surface area contributed by atoms with E-state index in [1.807, 2.05) is 28.5 Å². The lowest BCUT2D eigenvalue weighted by atomic mass is 10.0. The third-order valence-corrected chi connectivity index (χ3v) is 5.81. The van der Waals surface area contributed by atoms with Gasteiger partial charge in [0.15, 0.2) is 0 Å². The second-order valence-electron chi connectivity index (χ2n) is 7.19. The van der Waals surface area contributed by atoms with Crippen molar-refractivity contribution in [3.8, 4) is 0 Å². The standard InChI is InChI=1S/C22H24N2O2S/c1-16-6-8-17(9-7-16)21(18-10-11-18)23-22(25)24(14-19-4-2-12-26-19)15-20-5-3-13-27-20/h2-9,12-13,18,21H,10-11,14-15H2,1H3,(H,23,25). The Morgan fingerprint density at radius 2 is 2.00 bits per heavy atom. The number of furan rings is 1. The molecule has 0 spiro atoms. The lowest BCUT2D eigenvalue weighted by Crippen LogP contribution is -2.41. The van der Waals surface area contributed by atoms with Gasteiger partial charge in [0.2, 0.25) is 0 Å². The molecule has 1 saturated carbocycles. The largest absolute Gasteiger partial charge is 0.467 e. The van der Waals surface area contributed by atoms with Crippen LogP contribution >= 0.6 is 11.3 Å². The van der Waals surface area contributed by atoms with Gasteiger partial charge in [-0.3, -0.25) is 0 Å². The van der Waals surface area contributed by atoms with Crippen LogP contribution in [-0.2, 0) is 13.1 Å². The number of thiophene rings is 1. The number of aryl methyl sites for hydroxylation is 1. The molecule has 2 amide bonds. The SMILES string of the molecule is Cc1ccc(C(NC(=O)N(Cc2ccco2)Cc2cccs2)C2CC2)cc1. The van der Waals surface area contributed by atoms with E-state index in [1.54, 1.807) is 17.6 Å². The van der Waals surface area contributed by atoms with Crippen LogP contribution in [0.15, 0.2) is 64.6 Å². The first-order chi connectivity index (χ1) is 13.2. The third kappa shape index (κ3) is 4.61. The Morgan fingerprint density at radius 1 is 1.19 bits per heavy atom. The van der Waals surface area contributed by atoms with Gasteiger partial charge in [-0.15, -0.1) is 11.3 Å². The quantitative estimate of drug-likeness (QED) is 0.587. The topological polar surface area (TPSA) is 45.5 Å². The summed E-state index contributed by atoms with van der Waals surface area (Å²) in [5, 5.41) is 5.33. The van der Waals surface area contributed by atoms with E-state index in [0.29, 0.717) is 19.0 Å². The van der Waals surface area contributed by atoms with Crippen LogP contribution in [0.5, 0.6) is 0 Å². The van der Waals surface area contributed by atoms with E-state index in [4.69, 9.17) is 4.42 Å². The number of rotatable bonds is 7. The van der Waals surface area contributed by atoms with E-state index < -0.39 is 0 Å². The minimum atomic E-state index is -0.0442. The fraction of sp³-hybridized carbons (Fsp3) is 0.318. The first-order valence-electron chi connectivity index (χ1n) is 9.36. The minimum Gasteiger partial charge on any atom is -0.467 e. The summed E-state index contributed by atoms with van der Waals surface area (Å²) in [7, 11) is 0. The van der Waals surface area contributed by atoms with E-state index in [2.05, 4.69) is 42.6 Å². The van der Waals surface area contributed by atoms with Crippen molar-refractivity contribution in [3.63, 3.8) is 0 Å². The number of amides is 2. The predicted octanol–water partition coefficient (Wildman–Crippen LogP) is 5.51. The Balaban J connectivity index is 1.51. The van der Waals surface area contributed by atoms with E-state index in [0.717, 1.165) is 10.6 Å². The van der Waals surface area contributed by atoms with Crippen LogP contribution in [0.25, 0.3) is 0 Å². The molecule has 0 aliphatic heterocycles. The van der Waals surface area contributed by atoms with Crippen LogP contribution in [0.4, 0.5) is 4.79 Å². The molecule has 27 heavy (non-hydrogen) atoms. The molecule has 2 heterocycles. The molecule has 1 unspecified atom stereocenters. The summed E-state index contributed by atoms with van der Waals surface area (Å²) in [5.41, 5.74) is 2.42. The van der Waals surface area contributed by atoms with Gasteiger partial charge in [-0.05, 0) is 54.8 Å². The molecular weight excluding hydrogens is 356 g/mol. The fourth-order valence-electron chi connectivity index (χ4n) is 3.28. The Hall–Kier alpha value is -2.53. The summed E-state index contributed by atoms with van der Waals surface area (Å²) in [6.45, 7) is 3.12. The van der Waals surface area contributed by atoms with Gasteiger partial charge in [-0.2, -0.15) is 0 Å². The molecule has 3 aromatic rings. The highest BCUT2D eigenvalue weighted by molar-refractivity contribution is 7.09. The zero-order valence-corrected chi connectivity index (χ0v) is 16.2. The van der Waals surface area contributed by atoms with Crippen molar-refractivity contribution in [2.24, 2.45) is 5.92 Å². The first kappa shape index (κ1) is 17.9. The van der Waals surface area contributed by atoms with E-state index in [9.17, 15) is 4.79 Å². The van der Waals surface area contributed by atoms with Crippen molar-refractivity contribution >= 4 is 17.4 Å². The molecular formula is C22H24N2O2S.